The topological polar surface area (TPSA) is 137 Å². The highest BCUT2D eigenvalue weighted by atomic mass is 32.2. The maximum atomic E-state index is 13.2. The number of rotatable bonds is 7. The summed E-state index contributed by atoms with van der Waals surface area (Å²) in [5.74, 6) is -0.919. The number of sulfonamides is 1. The molecule has 1 aliphatic carbocycles. The van der Waals surface area contributed by atoms with Crippen molar-refractivity contribution in [2.45, 2.75) is 56.6 Å². The van der Waals surface area contributed by atoms with Crippen LogP contribution in [0.4, 0.5) is 5.69 Å². The van der Waals surface area contributed by atoms with Crippen LogP contribution in [0.5, 0.6) is 0 Å². The molecule has 2 aliphatic rings. The number of morpholine rings is 1. The number of thiophene rings is 1. The van der Waals surface area contributed by atoms with Gasteiger partial charge in [0.1, 0.15) is 22.4 Å². The fraction of sp³-hybridized carbons (Fsp3) is 0.462. The Labute approximate surface area is 229 Å². The molecule has 0 radical (unpaired) electrons. The number of carbonyl (C=O) groups is 2. The zero-order valence-corrected chi connectivity index (χ0v) is 23.2. The van der Waals surface area contributed by atoms with Crippen LogP contribution >= 0.6 is 11.3 Å². The van der Waals surface area contributed by atoms with Crippen LogP contribution in [0.15, 0.2) is 40.3 Å². The van der Waals surface area contributed by atoms with Crippen LogP contribution in [-0.2, 0) is 30.8 Å². The molecule has 5 rings (SSSR count). The van der Waals surface area contributed by atoms with Gasteiger partial charge in [-0.1, -0.05) is 6.42 Å². The van der Waals surface area contributed by atoms with E-state index in [2.05, 4.69) is 10.3 Å². The first-order valence-corrected chi connectivity index (χ1v) is 15.2. The molecule has 0 bridgehead atoms. The molecule has 3 aromatic rings. The van der Waals surface area contributed by atoms with Gasteiger partial charge in [0.25, 0.3) is 5.56 Å². The van der Waals surface area contributed by atoms with Crippen LogP contribution in [-0.4, -0.2) is 66.6 Å². The predicted octanol–water partition coefficient (Wildman–Crippen LogP) is 2.92. The summed E-state index contributed by atoms with van der Waals surface area (Å²) in [6.45, 7) is 2.68. The van der Waals surface area contributed by atoms with Crippen molar-refractivity contribution in [3.63, 3.8) is 0 Å². The van der Waals surface area contributed by atoms with Gasteiger partial charge in [0.05, 0.1) is 29.8 Å². The second kappa shape index (κ2) is 11.5. The number of hydrogen-bond donors (Lipinski definition) is 1. The quantitative estimate of drug-likeness (QED) is 0.426. The lowest BCUT2D eigenvalue weighted by Crippen LogP contribution is -2.40. The van der Waals surface area contributed by atoms with E-state index in [0.717, 1.165) is 43.4 Å². The summed E-state index contributed by atoms with van der Waals surface area (Å²) < 4.78 is 39.0. The minimum absolute atomic E-state index is 0.0993. The largest absolute Gasteiger partial charge is 0.458 e. The Kier molecular flexibility index (Phi) is 8.12. The Morgan fingerprint density at radius 3 is 2.51 bits per heavy atom. The highest BCUT2D eigenvalue weighted by Crippen LogP contribution is 2.29. The third-order valence-electron chi connectivity index (χ3n) is 6.99. The number of hydrogen-bond acceptors (Lipinski definition) is 9. The lowest BCUT2D eigenvalue weighted by molar-refractivity contribution is -0.116. The van der Waals surface area contributed by atoms with E-state index in [4.69, 9.17) is 9.47 Å². The smallest absolute Gasteiger partial charge is 0.348 e. The number of anilines is 1. The predicted molar refractivity (Wildman–Crippen MR) is 146 cm³/mol. The minimum atomic E-state index is -3.64. The Balaban J connectivity index is 1.27. The first-order chi connectivity index (χ1) is 18.7. The van der Waals surface area contributed by atoms with Crippen molar-refractivity contribution in [2.75, 3.05) is 31.6 Å². The molecule has 2 aromatic heterocycles. The average Bonchev–Trinajstić information content (AvgIpc) is 3.28. The highest BCUT2D eigenvalue weighted by molar-refractivity contribution is 7.89. The molecule has 3 heterocycles. The van der Waals surface area contributed by atoms with E-state index < -0.39 is 27.5 Å². The van der Waals surface area contributed by atoms with Crippen LogP contribution in [0.3, 0.4) is 0 Å². The van der Waals surface area contributed by atoms with Crippen molar-refractivity contribution in [3.05, 3.63) is 51.4 Å². The molecular formula is C26H30N4O7S2. The fourth-order valence-corrected chi connectivity index (χ4v) is 7.29. The molecule has 1 aliphatic heterocycles. The number of esters is 1. The second-order valence-corrected chi connectivity index (χ2v) is 12.6. The molecule has 0 spiro atoms. The molecule has 1 saturated carbocycles. The van der Waals surface area contributed by atoms with E-state index in [1.165, 1.54) is 39.5 Å². The monoisotopic (exact) mass is 574 g/mol. The van der Waals surface area contributed by atoms with Crippen molar-refractivity contribution in [3.8, 4) is 0 Å². The first kappa shape index (κ1) is 27.4. The standard InChI is InChI=1S/C26H30N4O7S2/c1-17-22-24(38-23(17)26(33)37-19-5-3-2-4-6-19)27-16-29(25(22)32)15-21(31)28-18-7-9-20(10-8-18)39(34,35)30-11-13-36-14-12-30/h7-10,16,19H,2-6,11-15H2,1H3,(H,28,31). The molecule has 13 heteroatoms. The van der Waals surface area contributed by atoms with Crippen molar-refractivity contribution in [2.24, 2.45) is 0 Å². The van der Waals surface area contributed by atoms with Gasteiger partial charge in [-0.05, 0) is 62.4 Å². The molecule has 2 fully saturated rings. The molecule has 1 saturated heterocycles. The lowest BCUT2D eigenvalue weighted by atomic mass is 9.98. The van der Waals surface area contributed by atoms with E-state index in [1.807, 2.05) is 0 Å². The van der Waals surface area contributed by atoms with Crippen LogP contribution < -0.4 is 10.9 Å². The molecule has 208 valence electrons. The van der Waals surface area contributed by atoms with Crippen molar-refractivity contribution >= 4 is 49.1 Å². The number of nitrogens with one attached hydrogen (secondary N) is 1. The number of aromatic nitrogens is 2. The molecular weight excluding hydrogens is 544 g/mol. The van der Waals surface area contributed by atoms with Crippen LogP contribution in [0.1, 0.15) is 47.3 Å². The summed E-state index contributed by atoms with van der Waals surface area (Å²) in [5.41, 5.74) is 0.468. The molecule has 11 nitrogen and oxygen atoms in total. The molecule has 1 aromatic carbocycles. The van der Waals surface area contributed by atoms with Gasteiger partial charge in [0.15, 0.2) is 0 Å². The molecule has 1 amide bonds. The van der Waals surface area contributed by atoms with Crippen LogP contribution in [0.2, 0.25) is 0 Å². The normalized spacial score (nSPS) is 17.3. The van der Waals surface area contributed by atoms with E-state index in [-0.39, 0.29) is 17.5 Å². The summed E-state index contributed by atoms with van der Waals surface area (Å²) in [5, 5.41) is 2.98. The van der Waals surface area contributed by atoms with Gasteiger partial charge in [-0.25, -0.2) is 18.2 Å². The summed E-state index contributed by atoms with van der Waals surface area (Å²) in [7, 11) is -3.64. The third-order valence-corrected chi connectivity index (χ3v) is 10.1. The van der Waals surface area contributed by atoms with Crippen LogP contribution in [0.25, 0.3) is 10.2 Å². The van der Waals surface area contributed by atoms with Gasteiger partial charge in [-0.3, -0.25) is 14.2 Å². The number of fused-ring (bicyclic) bond motifs is 1. The maximum Gasteiger partial charge on any atom is 0.348 e. The second-order valence-electron chi connectivity index (χ2n) is 9.67. The minimum Gasteiger partial charge on any atom is -0.458 e. The van der Waals surface area contributed by atoms with Gasteiger partial charge in [0.2, 0.25) is 15.9 Å². The molecule has 39 heavy (non-hydrogen) atoms. The van der Waals surface area contributed by atoms with Gasteiger partial charge in [-0.2, -0.15) is 4.31 Å². The SMILES string of the molecule is Cc1c(C(=O)OC2CCCCC2)sc2ncn(CC(=O)Nc3ccc(S(=O)(=O)N4CCOCC4)cc3)c(=O)c12. The summed E-state index contributed by atoms with van der Waals surface area (Å²) in [6, 6.07) is 5.87. The van der Waals surface area contributed by atoms with Gasteiger partial charge < -0.3 is 14.8 Å². The van der Waals surface area contributed by atoms with Gasteiger partial charge in [-0.15, -0.1) is 11.3 Å². The third kappa shape index (κ3) is 5.91. The molecule has 0 atom stereocenters. The summed E-state index contributed by atoms with van der Waals surface area (Å²) in [4.78, 5) is 43.9. The number of nitrogens with zero attached hydrogens (tertiary/aromatic N) is 3. The van der Waals surface area contributed by atoms with Crippen molar-refractivity contribution < 1.29 is 27.5 Å². The van der Waals surface area contributed by atoms with Crippen molar-refractivity contribution in [1.29, 1.82) is 0 Å². The first-order valence-electron chi connectivity index (χ1n) is 12.9. The van der Waals surface area contributed by atoms with Crippen molar-refractivity contribution in [1.82, 2.24) is 13.9 Å². The number of ether oxygens (including phenoxy) is 2. The Hall–Kier alpha value is -3.13. The van der Waals surface area contributed by atoms with E-state index in [0.29, 0.717) is 52.6 Å². The Bertz CT molecular complexity index is 1530. The average molecular weight is 575 g/mol. The molecule has 1 N–H and O–H groups in total. The number of amides is 1. The van der Waals surface area contributed by atoms with E-state index in [1.54, 1.807) is 6.92 Å². The van der Waals surface area contributed by atoms with E-state index in [9.17, 15) is 22.8 Å². The van der Waals surface area contributed by atoms with E-state index >= 15 is 0 Å². The number of aryl methyl sites for hydroxylation is 1. The molecule has 0 unspecified atom stereocenters. The Morgan fingerprint density at radius 1 is 1.13 bits per heavy atom. The number of carbonyl (C=O) groups excluding carboxylic acids is 2. The highest BCUT2D eigenvalue weighted by Gasteiger charge is 2.27. The summed E-state index contributed by atoms with van der Waals surface area (Å²) >= 11 is 1.12. The van der Waals surface area contributed by atoms with Gasteiger partial charge in [0, 0.05) is 18.8 Å². The zero-order valence-electron chi connectivity index (χ0n) is 21.6. The maximum absolute atomic E-state index is 13.2. The van der Waals surface area contributed by atoms with Crippen LogP contribution in [0, 0.1) is 6.92 Å². The fourth-order valence-electron chi connectivity index (χ4n) is 4.86. The zero-order chi connectivity index (χ0) is 27.6. The van der Waals surface area contributed by atoms with Gasteiger partial charge >= 0.3 is 5.97 Å². The Morgan fingerprint density at radius 2 is 1.82 bits per heavy atom. The lowest BCUT2D eigenvalue weighted by Gasteiger charge is -2.26. The summed E-state index contributed by atoms with van der Waals surface area (Å²) in [6.07, 6.45) is 6.11. The number of benzene rings is 1.